The third-order valence-electron chi connectivity index (χ3n) is 7.18. The first-order valence-corrected chi connectivity index (χ1v) is 12.5. The van der Waals surface area contributed by atoms with Crippen molar-refractivity contribution >= 4 is 28.5 Å². The molecule has 8 nitrogen and oxygen atoms in total. The molecule has 0 bridgehead atoms. The molecule has 2 aromatic rings. The lowest BCUT2D eigenvalue weighted by molar-refractivity contribution is -0.150. The highest BCUT2D eigenvalue weighted by Gasteiger charge is 2.32. The van der Waals surface area contributed by atoms with Gasteiger partial charge in [0.1, 0.15) is 11.1 Å². The number of carboxylic acid groups (broad SMARTS) is 1. The first-order valence-electron chi connectivity index (χ1n) is 12.5. The molecule has 0 aliphatic carbocycles. The van der Waals surface area contributed by atoms with Crippen LogP contribution in [0.3, 0.4) is 0 Å². The van der Waals surface area contributed by atoms with Gasteiger partial charge in [-0.15, -0.1) is 0 Å². The number of carbonyl (C=O) groups excluding carboxylic acids is 1. The number of hydrogen-bond acceptors (Lipinski definition) is 6. The van der Waals surface area contributed by atoms with Crippen LogP contribution in [0, 0.1) is 5.41 Å². The second-order valence-electron chi connectivity index (χ2n) is 9.47. The van der Waals surface area contributed by atoms with Gasteiger partial charge in [-0.1, -0.05) is 13.8 Å². The number of nitrogens with zero attached hydrogens (tertiary/aromatic N) is 1. The van der Waals surface area contributed by atoms with E-state index in [0.717, 1.165) is 18.8 Å². The van der Waals surface area contributed by atoms with Crippen LogP contribution in [-0.2, 0) is 9.53 Å². The minimum Gasteiger partial charge on any atom is -0.481 e. The van der Waals surface area contributed by atoms with E-state index in [1.165, 1.54) is 0 Å². The summed E-state index contributed by atoms with van der Waals surface area (Å²) in [5.41, 5.74) is -0.636. The molecule has 2 N–H and O–H groups in total. The molecule has 2 unspecified atom stereocenters. The highest BCUT2D eigenvalue weighted by atomic mass is 16.5. The van der Waals surface area contributed by atoms with Gasteiger partial charge in [-0.3, -0.25) is 9.59 Å². The van der Waals surface area contributed by atoms with Crippen molar-refractivity contribution in [2.24, 2.45) is 5.41 Å². The summed E-state index contributed by atoms with van der Waals surface area (Å²) in [6, 6.07) is 7.19. The van der Waals surface area contributed by atoms with E-state index in [1.807, 2.05) is 39.0 Å². The molecule has 0 spiro atoms. The Labute approximate surface area is 207 Å². The Balaban J connectivity index is 2.02. The average molecular weight is 489 g/mol. The zero-order valence-corrected chi connectivity index (χ0v) is 21.9. The van der Waals surface area contributed by atoms with Gasteiger partial charge >= 0.3 is 11.6 Å². The van der Waals surface area contributed by atoms with Crippen LogP contribution in [0.1, 0.15) is 77.6 Å². The van der Waals surface area contributed by atoms with Crippen molar-refractivity contribution in [2.45, 2.75) is 72.8 Å². The zero-order chi connectivity index (χ0) is 26.2. The number of carboxylic acids is 1. The van der Waals surface area contributed by atoms with Crippen LogP contribution in [0.4, 0.5) is 5.69 Å². The second-order valence-corrected chi connectivity index (χ2v) is 9.47. The molecular weight excluding hydrogens is 448 g/mol. The number of benzene rings is 1. The van der Waals surface area contributed by atoms with Gasteiger partial charge in [0.25, 0.3) is 5.91 Å². The number of aliphatic carboxylic acids is 1. The van der Waals surface area contributed by atoms with Crippen molar-refractivity contribution in [3.63, 3.8) is 0 Å². The summed E-state index contributed by atoms with van der Waals surface area (Å²) in [6.07, 6.45) is 2.16. The van der Waals surface area contributed by atoms with Crippen LogP contribution in [0.2, 0.25) is 0 Å². The van der Waals surface area contributed by atoms with Crippen LogP contribution in [-0.4, -0.2) is 48.8 Å². The fourth-order valence-corrected chi connectivity index (χ4v) is 3.89. The number of amides is 1. The summed E-state index contributed by atoms with van der Waals surface area (Å²) in [4.78, 5) is 38.9. The highest BCUT2D eigenvalue weighted by Crippen LogP contribution is 2.28. The fourth-order valence-electron chi connectivity index (χ4n) is 3.89. The van der Waals surface area contributed by atoms with Crippen molar-refractivity contribution in [2.75, 3.05) is 31.1 Å². The van der Waals surface area contributed by atoms with Gasteiger partial charge in [-0.2, -0.15) is 0 Å². The van der Waals surface area contributed by atoms with Crippen molar-refractivity contribution < 1.29 is 23.8 Å². The molecule has 0 fully saturated rings. The van der Waals surface area contributed by atoms with Crippen molar-refractivity contribution in [1.82, 2.24) is 5.32 Å². The molecule has 2 rings (SSSR count). The minimum atomic E-state index is -0.826. The molecular formula is C27H40N2O6. The number of nitrogens with one attached hydrogen (secondary N) is 1. The van der Waals surface area contributed by atoms with E-state index >= 15 is 0 Å². The molecule has 1 aromatic heterocycles. The molecule has 0 saturated heterocycles. The first kappa shape index (κ1) is 28.4. The lowest BCUT2D eigenvalue weighted by Gasteiger charge is -2.31. The Bertz CT molecular complexity index is 1080. The molecule has 1 heterocycles. The van der Waals surface area contributed by atoms with Gasteiger partial charge in [0, 0.05) is 43.4 Å². The number of fused-ring (bicyclic) bond motifs is 1. The van der Waals surface area contributed by atoms with Gasteiger partial charge in [0.15, 0.2) is 0 Å². The van der Waals surface area contributed by atoms with E-state index in [-0.39, 0.29) is 5.56 Å². The zero-order valence-electron chi connectivity index (χ0n) is 21.9. The van der Waals surface area contributed by atoms with E-state index in [2.05, 4.69) is 24.1 Å². The monoisotopic (exact) mass is 488 g/mol. The summed E-state index contributed by atoms with van der Waals surface area (Å²) >= 11 is 0. The third kappa shape index (κ3) is 7.07. The first-order chi connectivity index (χ1) is 16.5. The summed E-state index contributed by atoms with van der Waals surface area (Å²) in [7, 11) is 0. The normalized spacial score (nSPS) is 14.8. The summed E-state index contributed by atoms with van der Waals surface area (Å²) in [5.74, 6) is -1.32. The van der Waals surface area contributed by atoms with Crippen molar-refractivity contribution in [1.29, 1.82) is 0 Å². The topological polar surface area (TPSA) is 109 Å². The van der Waals surface area contributed by atoms with E-state index in [4.69, 9.17) is 9.15 Å². The number of ether oxygens (including phenoxy) is 1. The molecule has 0 aliphatic heterocycles. The van der Waals surface area contributed by atoms with Crippen LogP contribution in [0.5, 0.6) is 0 Å². The van der Waals surface area contributed by atoms with E-state index in [1.54, 1.807) is 13.0 Å². The van der Waals surface area contributed by atoms with Crippen LogP contribution in [0.15, 0.2) is 33.5 Å². The maximum atomic E-state index is 12.7. The second kappa shape index (κ2) is 12.2. The Kier molecular flexibility index (Phi) is 9.89. The average Bonchev–Trinajstić information content (AvgIpc) is 2.83. The van der Waals surface area contributed by atoms with Crippen LogP contribution < -0.4 is 15.8 Å². The van der Waals surface area contributed by atoms with Gasteiger partial charge in [0.2, 0.25) is 0 Å². The molecule has 8 heteroatoms. The Morgan fingerprint density at radius 3 is 2.31 bits per heavy atom. The predicted octanol–water partition coefficient (Wildman–Crippen LogP) is 4.84. The van der Waals surface area contributed by atoms with E-state index in [0.29, 0.717) is 49.8 Å². The van der Waals surface area contributed by atoms with Crippen molar-refractivity contribution in [3.8, 4) is 0 Å². The van der Waals surface area contributed by atoms with E-state index in [9.17, 15) is 19.5 Å². The third-order valence-corrected chi connectivity index (χ3v) is 7.18. The van der Waals surface area contributed by atoms with Crippen LogP contribution in [0.25, 0.3) is 11.0 Å². The molecule has 0 aliphatic rings. The molecule has 194 valence electrons. The lowest BCUT2D eigenvalue weighted by atomic mass is 9.84. The Morgan fingerprint density at radius 1 is 1.06 bits per heavy atom. The molecule has 35 heavy (non-hydrogen) atoms. The SMILES string of the molecule is CCN(CC)c1ccc2cc(C(=O)NCCC(C)(CC)OCCC(C)(CC)C(=O)O)c(=O)oc2c1. The van der Waals surface area contributed by atoms with Crippen LogP contribution >= 0.6 is 0 Å². The van der Waals surface area contributed by atoms with Gasteiger partial charge in [-0.25, -0.2) is 4.79 Å². The number of hydrogen-bond donors (Lipinski definition) is 2. The largest absolute Gasteiger partial charge is 0.481 e. The molecule has 0 saturated carbocycles. The Hall–Kier alpha value is -2.87. The molecule has 1 amide bonds. The highest BCUT2D eigenvalue weighted by molar-refractivity contribution is 5.97. The van der Waals surface area contributed by atoms with Gasteiger partial charge in [0.05, 0.1) is 11.0 Å². The maximum Gasteiger partial charge on any atom is 0.349 e. The smallest absolute Gasteiger partial charge is 0.349 e. The summed E-state index contributed by atoms with van der Waals surface area (Å²) in [6.45, 7) is 13.9. The molecule has 0 radical (unpaired) electrons. The number of carbonyl (C=O) groups is 2. The standard InChI is InChI=1S/C27H40N2O6/c1-7-26(5,25(32)33)14-16-34-27(6,8-2)13-15-28-23(30)21-17-19-11-12-20(29(9-3)10-4)18-22(19)35-24(21)31/h11-12,17-18H,7-10,13-16H2,1-6H3,(H,28,30)(H,32,33). The van der Waals surface area contributed by atoms with E-state index < -0.39 is 28.5 Å². The maximum absolute atomic E-state index is 12.7. The van der Waals surface area contributed by atoms with Gasteiger partial charge < -0.3 is 24.5 Å². The lowest BCUT2D eigenvalue weighted by Crippen LogP contribution is -2.37. The predicted molar refractivity (Wildman–Crippen MR) is 138 cm³/mol. The molecule has 2 atom stereocenters. The van der Waals surface area contributed by atoms with Crippen molar-refractivity contribution in [3.05, 3.63) is 40.2 Å². The summed E-state index contributed by atoms with van der Waals surface area (Å²) in [5, 5.41) is 12.9. The molecule has 1 aromatic carbocycles. The quantitative estimate of drug-likeness (QED) is 0.366. The number of rotatable bonds is 14. The number of anilines is 1. The summed E-state index contributed by atoms with van der Waals surface area (Å²) < 4.78 is 11.5. The minimum absolute atomic E-state index is 0.0348. The Morgan fingerprint density at radius 2 is 1.74 bits per heavy atom. The fraction of sp³-hybridized carbons (Fsp3) is 0.593. The van der Waals surface area contributed by atoms with Gasteiger partial charge in [-0.05, 0) is 71.6 Å².